The molecule has 206 valence electrons. The zero-order valence-electron chi connectivity index (χ0n) is 22.3. The fraction of sp³-hybridized carbons (Fsp3) is 0.310. The molecule has 0 radical (unpaired) electrons. The van der Waals surface area contributed by atoms with Gasteiger partial charge in [-0.05, 0) is 92.9 Å². The maximum absolute atomic E-state index is 11.8. The van der Waals surface area contributed by atoms with Gasteiger partial charge in [-0.1, -0.05) is 11.6 Å². The number of rotatable bonds is 8. The highest BCUT2D eigenvalue weighted by atomic mass is 32.2. The van der Waals surface area contributed by atoms with E-state index < -0.39 is 11.9 Å². The van der Waals surface area contributed by atoms with Crippen molar-refractivity contribution in [3.05, 3.63) is 75.6 Å². The SMILES string of the molecule is Cc1cc(CNCC2CCN(c3nccc(/C=C4/SC(=O)NC4=O)n3)CC2)nc(-c2cc(C)ccc2C(=O)O)c1. The van der Waals surface area contributed by atoms with Crippen molar-refractivity contribution in [2.45, 2.75) is 33.2 Å². The molecule has 0 aliphatic carbocycles. The van der Waals surface area contributed by atoms with Crippen molar-refractivity contribution >= 4 is 40.9 Å². The molecule has 5 rings (SSSR count). The Kier molecular flexibility index (Phi) is 8.22. The number of benzene rings is 1. The van der Waals surface area contributed by atoms with Gasteiger partial charge >= 0.3 is 5.97 Å². The number of aromatic nitrogens is 3. The van der Waals surface area contributed by atoms with Crippen LogP contribution in [0.1, 0.15) is 45.7 Å². The lowest BCUT2D eigenvalue weighted by atomic mass is 9.97. The average molecular weight is 559 g/mol. The zero-order chi connectivity index (χ0) is 28.2. The number of imide groups is 1. The lowest BCUT2D eigenvalue weighted by Gasteiger charge is -2.32. The van der Waals surface area contributed by atoms with Gasteiger partial charge < -0.3 is 15.3 Å². The Morgan fingerprint density at radius 1 is 1.12 bits per heavy atom. The largest absolute Gasteiger partial charge is 0.478 e. The summed E-state index contributed by atoms with van der Waals surface area (Å²) in [6, 6.07) is 11.0. The van der Waals surface area contributed by atoms with E-state index in [2.05, 4.69) is 25.5 Å². The fourth-order valence-corrected chi connectivity index (χ4v) is 5.58. The number of carboxylic acid groups (broad SMARTS) is 1. The second kappa shape index (κ2) is 12.0. The van der Waals surface area contributed by atoms with Crippen molar-refractivity contribution < 1.29 is 19.5 Å². The van der Waals surface area contributed by atoms with Crippen LogP contribution in [0, 0.1) is 19.8 Å². The molecule has 0 unspecified atom stereocenters. The number of amides is 2. The summed E-state index contributed by atoms with van der Waals surface area (Å²) >= 11 is 0.871. The van der Waals surface area contributed by atoms with Crippen LogP contribution < -0.4 is 15.5 Å². The van der Waals surface area contributed by atoms with E-state index in [0.717, 1.165) is 61.1 Å². The van der Waals surface area contributed by atoms with Gasteiger partial charge in [0, 0.05) is 31.4 Å². The molecular formula is C29H30N6O4S. The molecule has 2 aliphatic rings. The van der Waals surface area contributed by atoms with Gasteiger partial charge in [-0.15, -0.1) is 0 Å². The number of carbonyl (C=O) groups is 3. The van der Waals surface area contributed by atoms with Gasteiger partial charge in [-0.2, -0.15) is 0 Å². The van der Waals surface area contributed by atoms with Gasteiger partial charge in [0.25, 0.3) is 11.1 Å². The summed E-state index contributed by atoms with van der Waals surface area (Å²) in [4.78, 5) is 51.2. The van der Waals surface area contributed by atoms with Gasteiger partial charge in [0.05, 0.1) is 27.6 Å². The standard InChI is InChI=1S/C29H30N6O4S/c1-17-3-4-22(27(37)38)23(12-17)24-13-18(2)11-21(32-24)16-30-15-19-6-9-35(10-7-19)28-31-8-5-20(33-28)14-25-26(36)34-29(39)40-25/h3-5,8,11-14,19,30H,6-7,9-10,15-16H2,1-2H3,(H,37,38)(H,34,36,39)/b25-14+. The topological polar surface area (TPSA) is 137 Å². The third kappa shape index (κ3) is 6.54. The number of anilines is 1. The number of hydrogen-bond donors (Lipinski definition) is 3. The van der Waals surface area contributed by atoms with Gasteiger partial charge in [0.1, 0.15) is 0 Å². The van der Waals surface area contributed by atoms with Gasteiger partial charge in [0.2, 0.25) is 5.95 Å². The molecule has 1 aromatic carbocycles. The van der Waals surface area contributed by atoms with Crippen molar-refractivity contribution in [1.29, 1.82) is 0 Å². The Morgan fingerprint density at radius 3 is 2.65 bits per heavy atom. The molecule has 0 bridgehead atoms. The van der Waals surface area contributed by atoms with Crippen molar-refractivity contribution in [2.24, 2.45) is 5.92 Å². The van der Waals surface area contributed by atoms with E-state index in [1.165, 1.54) is 0 Å². The van der Waals surface area contributed by atoms with Crippen LogP contribution in [0.2, 0.25) is 0 Å². The Balaban J connectivity index is 1.16. The van der Waals surface area contributed by atoms with Gasteiger partial charge in [-0.25, -0.2) is 14.8 Å². The summed E-state index contributed by atoms with van der Waals surface area (Å²) in [5, 5.41) is 15.0. The molecule has 10 nitrogen and oxygen atoms in total. The van der Waals surface area contributed by atoms with Crippen LogP contribution in [0.4, 0.5) is 10.7 Å². The molecule has 3 N–H and O–H groups in total. The maximum atomic E-state index is 11.8. The molecule has 4 heterocycles. The lowest BCUT2D eigenvalue weighted by Crippen LogP contribution is -2.38. The van der Waals surface area contributed by atoms with E-state index in [1.54, 1.807) is 30.5 Å². The smallest absolute Gasteiger partial charge is 0.336 e. The Hall–Kier alpha value is -4.09. The molecule has 2 saturated heterocycles. The second-order valence-corrected chi connectivity index (χ2v) is 11.1. The lowest BCUT2D eigenvalue weighted by molar-refractivity contribution is -0.115. The number of aryl methyl sites for hydroxylation is 2. The Morgan fingerprint density at radius 2 is 1.93 bits per heavy atom. The molecule has 2 aliphatic heterocycles. The van der Waals surface area contributed by atoms with Gasteiger partial charge in [-0.3, -0.25) is 19.9 Å². The summed E-state index contributed by atoms with van der Waals surface area (Å²) in [5.74, 6) is -0.259. The molecule has 0 saturated carbocycles. The number of aromatic carboxylic acids is 1. The summed E-state index contributed by atoms with van der Waals surface area (Å²) in [6.45, 7) is 7.01. The van der Waals surface area contributed by atoms with E-state index >= 15 is 0 Å². The number of pyridine rings is 1. The van der Waals surface area contributed by atoms with E-state index in [4.69, 9.17) is 4.98 Å². The predicted molar refractivity (Wildman–Crippen MR) is 154 cm³/mol. The Labute approximate surface area is 236 Å². The number of hydrogen-bond acceptors (Lipinski definition) is 9. The van der Waals surface area contributed by atoms with Gasteiger partial charge in [0.15, 0.2) is 0 Å². The molecule has 40 heavy (non-hydrogen) atoms. The number of carboxylic acids is 1. The van der Waals surface area contributed by atoms with Crippen LogP contribution in [0.25, 0.3) is 17.3 Å². The normalized spacial score (nSPS) is 16.9. The first-order chi connectivity index (χ1) is 19.2. The molecule has 0 spiro atoms. The number of nitrogens with one attached hydrogen (secondary N) is 2. The number of thioether (sulfide) groups is 1. The third-order valence-electron chi connectivity index (χ3n) is 6.93. The van der Waals surface area contributed by atoms with Crippen LogP contribution in [0.5, 0.6) is 0 Å². The monoisotopic (exact) mass is 558 g/mol. The Bertz CT molecular complexity index is 1500. The van der Waals surface area contributed by atoms with Crippen molar-refractivity contribution in [2.75, 3.05) is 24.5 Å². The number of piperidine rings is 1. The van der Waals surface area contributed by atoms with Crippen molar-refractivity contribution in [1.82, 2.24) is 25.6 Å². The average Bonchev–Trinajstić information content (AvgIpc) is 3.24. The minimum atomic E-state index is -0.963. The molecule has 2 amide bonds. The van der Waals surface area contributed by atoms with Crippen LogP contribution in [0.15, 0.2) is 47.5 Å². The van der Waals surface area contributed by atoms with E-state index in [0.29, 0.717) is 40.3 Å². The summed E-state index contributed by atoms with van der Waals surface area (Å²) in [5.41, 5.74) is 5.03. The number of carbonyl (C=O) groups excluding carboxylic acids is 2. The quantitative estimate of drug-likeness (QED) is 0.345. The molecular weight excluding hydrogens is 528 g/mol. The first kappa shape index (κ1) is 27.5. The maximum Gasteiger partial charge on any atom is 0.336 e. The van der Waals surface area contributed by atoms with Crippen LogP contribution in [-0.2, 0) is 11.3 Å². The second-order valence-electron chi connectivity index (χ2n) is 10.1. The number of nitrogens with zero attached hydrogens (tertiary/aromatic N) is 4. The molecule has 2 aromatic heterocycles. The van der Waals surface area contributed by atoms with Crippen LogP contribution >= 0.6 is 11.8 Å². The highest BCUT2D eigenvalue weighted by molar-refractivity contribution is 8.18. The summed E-state index contributed by atoms with van der Waals surface area (Å²) < 4.78 is 0. The molecule has 3 aromatic rings. The highest BCUT2D eigenvalue weighted by Gasteiger charge is 2.26. The first-order valence-corrected chi connectivity index (χ1v) is 13.9. The third-order valence-corrected chi connectivity index (χ3v) is 7.74. The van der Waals surface area contributed by atoms with Crippen molar-refractivity contribution in [3.8, 4) is 11.3 Å². The van der Waals surface area contributed by atoms with E-state index in [-0.39, 0.29) is 10.8 Å². The fourth-order valence-electron chi connectivity index (χ4n) is 4.92. The summed E-state index contributed by atoms with van der Waals surface area (Å²) in [7, 11) is 0. The van der Waals surface area contributed by atoms with Crippen LogP contribution in [-0.4, -0.2) is 56.8 Å². The predicted octanol–water partition coefficient (Wildman–Crippen LogP) is 4.18. The minimum absolute atomic E-state index is 0.249. The van der Waals surface area contributed by atoms with E-state index in [9.17, 15) is 19.5 Å². The molecule has 0 atom stereocenters. The zero-order valence-corrected chi connectivity index (χ0v) is 23.1. The first-order valence-electron chi connectivity index (χ1n) is 13.1. The van der Waals surface area contributed by atoms with Crippen LogP contribution in [0.3, 0.4) is 0 Å². The van der Waals surface area contributed by atoms with Crippen molar-refractivity contribution in [3.63, 3.8) is 0 Å². The minimum Gasteiger partial charge on any atom is -0.478 e. The summed E-state index contributed by atoms with van der Waals surface area (Å²) in [6.07, 6.45) is 5.23. The highest BCUT2D eigenvalue weighted by Crippen LogP contribution is 2.27. The molecule has 2 fully saturated rings. The molecule has 11 heteroatoms. The van der Waals surface area contributed by atoms with E-state index in [1.807, 2.05) is 32.0 Å².